The van der Waals surface area contributed by atoms with Gasteiger partial charge in [0.15, 0.2) is 0 Å². The summed E-state index contributed by atoms with van der Waals surface area (Å²) in [5.74, 6) is 0.446. The van der Waals surface area contributed by atoms with E-state index in [1.807, 2.05) is 66.7 Å². The first-order valence-corrected chi connectivity index (χ1v) is 11.9. The molecule has 0 spiro atoms. The lowest BCUT2D eigenvalue weighted by Crippen LogP contribution is -2.47. The second-order valence-electron chi connectivity index (χ2n) is 9.34. The van der Waals surface area contributed by atoms with Crippen molar-refractivity contribution in [2.24, 2.45) is 5.41 Å². The Kier molecular flexibility index (Phi) is 6.05. The minimum absolute atomic E-state index is 0.0440. The summed E-state index contributed by atoms with van der Waals surface area (Å²) >= 11 is 0. The average molecular weight is 456 g/mol. The molecule has 3 aromatic rings. The third kappa shape index (κ3) is 4.40. The minimum atomic E-state index is -1.09. The van der Waals surface area contributed by atoms with E-state index in [2.05, 4.69) is 16.0 Å². The zero-order chi connectivity index (χ0) is 23.5. The molecule has 1 N–H and O–H groups in total. The van der Waals surface area contributed by atoms with Crippen LogP contribution < -0.4 is 9.80 Å². The molecule has 34 heavy (non-hydrogen) atoms. The first kappa shape index (κ1) is 22.1. The number of piperidine rings is 1. The summed E-state index contributed by atoms with van der Waals surface area (Å²) in [5, 5.41) is 10.3. The van der Waals surface area contributed by atoms with E-state index >= 15 is 0 Å². The molecule has 6 heteroatoms. The molecular weight excluding hydrogens is 426 g/mol. The zero-order valence-electron chi connectivity index (χ0n) is 19.1. The lowest BCUT2D eigenvalue weighted by atomic mass is 9.75. The Bertz CT molecular complexity index is 1110. The summed E-state index contributed by atoms with van der Waals surface area (Å²) in [6.07, 6.45) is 4.96. The highest BCUT2D eigenvalue weighted by atomic mass is 16.4. The van der Waals surface area contributed by atoms with Crippen molar-refractivity contribution in [3.63, 3.8) is 0 Å². The highest BCUT2D eigenvalue weighted by Crippen LogP contribution is 2.45. The number of benzene rings is 2. The molecule has 1 saturated carbocycles. The van der Waals surface area contributed by atoms with E-state index in [4.69, 9.17) is 0 Å². The lowest BCUT2D eigenvalue weighted by molar-refractivity contribution is -0.152. The summed E-state index contributed by atoms with van der Waals surface area (Å²) in [7, 11) is 0. The van der Waals surface area contributed by atoms with E-state index in [0.29, 0.717) is 31.8 Å². The molecule has 0 radical (unpaired) electrons. The van der Waals surface area contributed by atoms with Crippen LogP contribution in [-0.4, -0.2) is 35.1 Å². The topological polar surface area (TPSA) is 73.7 Å². The summed E-state index contributed by atoms with van der Waals surface area (Å²) in [4.78, 5) is 34.7. The molecule has 2 aromatic carbocycles. The maximum Gasteiger partial charge on any atom is 0.310 e. The Morgan fingerprint density at radius 2 is 1.50 bits per heavy atom. The van der Waals surface area contributed by atoms with Gasteiger partial charge in [0, 0.05) is 37.1 Å². The van der Waals surface area contributed by atoms with Crippen LogP contribution in [0.4, 0.5) is 17.2 Å². The number of rotatable bonds is 7. The minimum Gasteiger partial charge on any atom is -0.481 e. The number of aliphatic carboxylic acids is 1. The van der Waals surface area contributed by atoms with Crippen LogP contribution in [0.2, 0.25) is 0 Å². The van der Waals surface area contributed by atoms with Crippen molar-refractivity contribution in [1.29, 1.82) is 0 Å². The number of carboxylic acid groups (broad SMARTS) is 1. The summed E-state index contributed by atoms with van der Waals surface area (Å²) in [6.45, 7) is 1.15. The van der Waals surface area contributed by atoms with Gasteiger partial charge in [-0.05, 0) is 67.5 Å². The lowest BCUT2D eigenvalue weighted by Gasteiger charge is -2.40. The number of carboxylic acids is 1. The van der Waals surface area contributed by atoms with Crippen LogP contribution >= 0.6 is 0 Å². The second kappa shape index (κ2) is 9.29. The van der Waals surface area contributed by atoms with Gasteiger partial charge in [-0.2, -0.15) is 0 Å². The van der Waals surface area contributed by atoms with E-state index in [1.165, 1.54) is 18.4 Å². The van der Waals surface area contributed by atoms with Gasteiger partial charge in [0.05, 0.1) is 5.41 Å². The number of pyridine rings is 1. The molecular formula is C28H29N3O3. The van der Waals surface area contributed by atoms with Gasteiger partial charge in [-0.25, -0.2) is 4.98 Å². The number of aromatic nitrogens is 1. The first-order chi connectivity index (χ1) is 16.6. The summed E-state index contributed by atoms with van der Waals surface area (Å²) in [5.41, 5.74) is 1.64. The van der Waals surface area contributed by atoms with Crippen LogP contribution in [0.15, 0.2) is 79.0 Å². The fourth-order valence-corrected chi connectivity index (χ4v) is 4.96. The molecule has 0 atom stereocenters. The van der Waals surface area contributed by atoms with Crippen molar-refractivity contribution >= 4 is 29.1 Å². The number of nitrogens with zero attached hydrogens (tertiary/aromatic N) is 3. The predicted molar refractivity (Wildman–Crippen MR) is 132 cm³/mol. The van der Waals surface area contributed by atoms with E-state index < -0.39 is 11.4 Å². The molecule has 6 nitrogen and oxygen atoms in total. The Morgan fingerprint density at radius 3 is 2.03 bits per heavy atom. The van der Waals surface area contributed by atoms with Gasteiger partial charge in [-0.3, -0.25) is 14.5 Å². The Hall–Kier alpha value is -3.67. The number of carbonyl (C=O) groups is 2. The van der Waals surface area contributed by atoms with Gasteiger partial charge >= 0.3 is 5.97 Å². The molecule has 2 aliphatic rings. The summed E-state index contributed by atoms with van der Waals surface area (Å²) in [6, 6.07) is 23.0. The zero-order valence-corrected chi connectivity index (χ0v) is 19.1. The Balaban J connectivity index is 1.37. The Morgan fingerprint density at radius 1 is 0.912 bits per heavy atom. The van der Waals surface area contributed by atoms with E-state index in [-0.39, 0.29) is 12.3 Å². The van der Waals surface area contributed by atoms with E-state index in [1.54, 1.807) is 11.1 Å². The molecule has 5 rings (SSSR count). The normalized spacial score (nSPS) is 17.2. The van der Waals surface area contributed by atoms with Gasteiger partial charge in [0.1, 0.15) is 5.82 Å². The fourth-order valence-electron chi connectivity index (χ4n) is 4.96. The van der Waals surface area contributed by atoms with Crippen LogP contribution in [-0.2, 0) is 9.59 Å². The average Bonchev–Trinajstić information content (AvgIpc) is 3.71. The van der Waals surface area contributed by atoms with Gasteiger partial charge in [-0.1, -0.05) is 42.5 Å². The molecule has 1 aromatic heterocycles. The first-order valence-electron chi connectivity index (χ1n) is 11.9. The van der Waals surface area contributed by atoms with Crippen molar-refractivity contribution in [1.82, 2.24) is 4.98 Å². The van der Waals surface area contributed by atoms with Gasteiger partial charge in [0.2, 0.25) is 5.91 Å². The van der Waals surface area contributed by atoms with Gasteiger partial charge in [0.25, 0.3) is 0 Å². The SMILES string of the molecule is O=C(CC1(C(=O)O)CCN(c2ncccc2C2CC2)CC1)N(c1ccccc1)c1ccccc1. The Labute approximate surface area is 199 Å². The number of hydrogen-bond donors (Lipinski definition) is 1. The standard InChI is InChI=1S/C28H29N3O3/c32-25(31(22-8-3-1-4-9-22)23-10-5-2-6-11-23)20-28(27(33)34)15-18-30(19-16-28)26-24(21-13-14-21)12-7-17-29-26/h1-12,17,21H,13-16,18-20H2,(H,33,34). The van der Waals surface area contributed by atoms with E-state index in [9.17, 15) is 14.7 Å². The molecule has 1 aliphatic heterocycles. The van der Waals surface area contributed by atoms with Gasteiger partial charge < -0.3 is 10.0 Å². The number of carbonyl (C=O) groups excluding carboxylic acids is 1. The monoisotopic (exact) mass is 455 g/mol. The molecule has 2 heterocycles. The molecule has 0 unspecified atom stereocenters. The van der Waals surface area contributed by atoms with E-state index in [0.717, 1.165) is 17.2 Å². The van der Waals surface area contributed by atoms with Crippen LogP contribution in [0.3, 0.4) is 0 Å². The molecule has 2 fully saturated rings. The highest BCUT2D eigenvalue weighted by molar-refractivity contribution is 6.02. The van der Waals surface area contributed by atoms with Crippen molar-refractivity contribution in [3.8, 4) is 0 Å². The third-order valence-corrected chi connectivity index (χ3v) is 7.08. The molecule has 1 amide bonds. The second-order valence-corrected chi connectivity index (χ2v) is 9.34. The van der Waals surface area contributed by atoms with Crippen LogP contribution in [0.25, 0.3) is 0 Å². The smallest absolute Gasteiger partial charge is 0.310 e. The van der Waals surface area contributed by atoms with Crippen molar-refractivity contribution in [3.05, 3.63) is 84.6 Å². The number of amides is 1. The van der Waals surface area contributed by atoms with Crippen molar-refractivity contribution in [2.45, 2.75) is 38.0 Å². The van der Waals surface area contributed by atoms with Crippen LogP contribution in [0.1, 0.15) is 43.6 Å². The van der Waals surface area contributed by atoms with Crippen LogP contribution in [0, 0.1) is 5.41 Å². The number of para-hydroxylation sites is 2. The molecule has 1 aliphatic carbocycles. The highest BCUT2D eigenvalue weighted by Gasteiger charge is 2.45. The number of anilines is 3. The van der Waals surface area contributed by atoms with Crippen molar-refractivity contribution < 1.29 is 14.7 Å². The fraction of sp³-hybridized carbons (Fsp3) is 0.321. The molecule has 174 valence electrons. The largest absolute Gasteiger partial charge is 0.481 e. The maximum atomic E-state index is 13.7. The maximum absolute atomic E-state index is 13.7. The third-order valence-electron chi connectivity index (χ3n) is 7.08. The quantitative estimate of drug-likeness (QED) is 0.517. The molecule has 0 bridgehead atoms. The molecule has 1 saturated heterocycles. The van der Waals surface area contributed by atoms with Gasteiger partial charge in [-0.15, -0.1) is 0 Å². The summed E-state index contributed by atoms with van der Waals surface area (Å²) < 4.78 is 0. The van der Waals surface area contributed by atoms with Crippen LogP contribution in [0.5, 0.6) is 0 Å². The number of hydrogen-bond acceptors (Lipinski definition) is 4. The predicted octanol–water partition coefficient (Wildman–Crippen LogP) is 5.39. The van der Waals surface area contributed by atoms with Crippen molar-refractivity contribution in [2.75, 3.05) is 22.9 Å².